The van der Waals surface area contributed by atoms with Crippen LogP contribution in [0.4, 0.5) is 10.5 Å². The molecule has 1 aliphatic rings. The Hall–Kier alpha value is -3.28. The van der Waals surface area contributed by atoms with Crippen molar-refractivity contribution in [2.45, 2.75) is 6.92 Å². The lowest BCUT2D eigenvalue weighted by Crippen LogP contribution is -2.51. The number of hydrogen-bond acceptors (Lipinski definition) is 3. The molecule has 6 heteroatoms. The van der Waals surface area contributed by atoms with E-state index in [2.05, 4.69) is 11.9 Å². The van der Waals surface area contributed by atoms with E-state index in [1.165, 1.54) is 0 Å². The number of benzene rings is 2. The van der Waals surface area contributed by atoms with Gasteiger partial charge in [0, 0.05) is 43.5 Å². The third-order valence-electron chi connectivity index (χ3n) is 4.45. The number of anilines is 1. The standard InChI is InChI=1S/C22H25N3O3/c1-17(2)16-28-20-10-6-9-19(15-20)23-22(27)25-13-11-24(12-14-25)21(26)18-7-4-3-5-8-18/h3-10,15H,1,11-14,16H2,2H3,(H,23,27). The number of amides is 3. The van der Waals surface area contributed by atoms with E-state index in [1.54, 1.807) is 15.9 Å². The number of nitrogens with zero attached hydrogens (tertiary/aromatic N) is 2. The molecule has 0 spiro atoms. The molecule has 1 N–H and O–H groups in total. The third kappa shape index (κ3) is 5.13. The maximum absolute atomic E-state index is 12.5. The lowest BCUT2D eigenvalue weighted by molar-refractivity contribution is 0.0671. The number of carbonyl (C=O) groups excluding carboxylic acids is 2. The van der Waals surface area contributed by atoms with Crippen molar-refractivity contribution in [1.29, 1.82) is 0 Å². The topological polar surface area (TPSA) is 61.9 Å². The van der Waals surface area contributed by atoms with Gasteiger partial charge in [0.2, 0.25) is 0 Å². The summed E-state index contributed by atoms with van der Waals surface area (Å²) >= 11 is 0. The molecule has 1 fully saturated rings. The van der Waals surface area contributed by atoms with E-state index >= 15 is 0 Å². The highest BCUT2D eigenvalue weighted by molar-refractivity contribution is 5.94. The molecule has 0 aromatic heterocycles. The van der Waals surface area contributed by atoms with Gasteiger partial charge < -0.3 is 19.9 Å². The monoisotopic (exact) mass is 379 g/mol. The maximum Gasteiger partial charge on any atom is 0.321 e. The molecule has 1 aliphatic heterocycles. The van der Waals surface area contributed by atoms with Gasteiger partial charge >= 0.3 is 6.03 Å². The molecule has 2 aromatic carbocycles. The Morgan fingerprint density at radius 1 is 1.00 bits per heavy atom. The van der Waals surface area contributed by atoms with Crippen LogP contribution in [0.15, 0.2) is 66.7 Å². The van der Waals surface area contributed by atoms with Crippen molar-refractivity contribution in [1.82, 2.24) is 9.80 Å². The minimum absolute atomic E-state index is 0.00280. The normalized spacial score (nSPS) is 13.8. The zero-order valence-corrected chi connectivity index (χ0v) is 16.1. The SMILES string of the molecule is C=C(C)COc1cccc(NC(=O)N2CCN(C(=O)c3ccccc3)CC2)c1. The van der Waals surface area contributed by atoms with Crippen molar-refractivity contribution < 1.29 is 14.3 Å². The third-order valence-corrected chi connectivity index (χ3v) is 4.45. The van der Waals surface area contributed by atoms with Crippen molar-refractivity contribution in [3.8, 4) is 5.75 Å². The van der Waals surface area contributed by atoms with Gasteiger partial charge in [-0.3, -0.25) is 4.79 Å². The zero-order chi connectivity index (χ0) is 19.9. The molecule has 0 atom stereocenters. The molecule has 0 unspecified atom stereocenters. The van der Waals surface area contributed by atoms with Gasteiger partial charge in [0.15, 0.2) is 0 Å². The Labute approximate surface area is 165 Å². The molecule has 0 saturated carbocycles. The number of urea groups is 1. The molecule has 0 bridgehead atoms. The van der Waals surface area contributed by atoms with Crippen molar-refractivity contribution in [3.05, 3.63) is 72.3 Å². The van der Waals surface area contributed by atoms with Gasteiger partial charge in [-0.25, -0.2) is 4.79 Å². The Morgan fingerprint density at radius 2 is 1.68 bits per heavy atom. The van der Waals surface area contributed by atoms with E-state index in [9.17, 15) is 9.59 Å². The molecule has 1 saturated heterocycles. The number of hydrogen-bond donors (Lipinski definition) is 1. The summed E-state index contributed by atoms with van der Waals surface area (Å²) < 4.78 is 5.61. The first kappa shape index (κ1) is 19.5. The molecule has 6 nitrogen and oxygen atoms in total. The summed E-state index contributed by atoms with van der Waals surface area (Å²) in [5, 5.41) is 2.90. The van der Waals surface area contributed by atoms with Gasteiger partial charge in [0.05, 0.1) is 0 Å². The molecule has 28 heavy (non-hydrogen) atoms. The van der Waals surface area contributed by atoms with Crippen molar-refractivity contribution in [2.24, 2.45) is 0 Å². The summed E-state index contributed by atoms with van der Waals surface area (Å²) in [7, 11) is 0. The van der Waals surface area contributed by atoms with Crippen LogP contribution in [0.3, 0.4) is 0 Å². The molecular weight excluding hydrogens is 354 g/mol. The van der Waals surface area contributed by atoms with Crippen molar-refractivity contribution in [2.75, 3.05) is 38.1 Å². The molecule has 3 rings (SSSR count). The lowest BCUT2D eigenvalue weighted by atomic mass is 10.2. The van der Waals surface area contributed by atoms with Crippen LogP contribution in [0, 0.1) is 0 Å². The Kier molecular flexibility index (Phi) is 6.32. The van der Waals surface area contributed by atoms with Gasteiger partial charge in [0.25, 0.3) is 5.91 Å². The number of ether oxygens (including phenoxy) is 1. The second-order valence-electron chi connectivity index (χ2n) is 6.85. The van der Waals surface area contributed by atoms with Crippen LogP contribution in [0.5, 0.6) is 5.75 Å². The van der Waals surface area contributed by atoms with Crippen LogP contribution >= 0.6 is 0 Å². The predicted octanol–water partition coefficient (Wildman–Crippen LogP) is 3.63. The predicted molar refractivity (Wildman–Crippen MR) is 110 cm³/mol. The largest absolute Gasteiger partial charge is 0.489 e. The summed E-state index contributed by atoms with van der Waals surface area (Å²) in [6.07, 6.45) is 0. The van der Waals surface area contributed by atoms with Crippen LogP contribution in [-0.4, -0.2) is 54.5 Å². The Balaban J connectivity index is 1.52. The second kappa shape index (κ2) is 9.08. The van der Waals surface area contributed by atoms with Gasteiger partial charge in [-0.15, -0.1) is 0 Å². The molecule has 3 amide bonds. The first-order valence-electron chi connectivity index (χ1n) is 9.30. The number of rotatable bonds is 5. The van der Waals surface area contributed by atoms with Crippen LogP contribution in [0.25, 0.3) is 0 Å². The molecule has 0 radical (unpaired) electrons. The van der Waals surface area contributed by atoms with E-state index in [0.29, 0.717) is 49.8 Å². The highest BCUT2D eigenvalue weighted by Crippen LogP contribution is 2.19. The minimum atomic E-state index is -0.177. The highest BCUT2D eigenvalue weighted by Gasteiger charge is 2.24. The van der Waals surface area contributed by atoms with E-state index in [0.717, 1.165) is 5.57 Å². The van der Waals surface area contributed by atoms with Crippen LogP contribution in [0.2, 0.25) is 0 Å². The summed E-state index contributed by atoms with van der Waals surface area (Å²) in [5.41, 5.74) is 2.27. The fourth-order valence-electron chi connectivity index (χ4n) is 2.95. The molecule has 0 aliphatic carbocycles. The average Bonchev–Trinajstić information content (AvgIpc) is 2.73. The summed E-state index contributed by atoms with van der Waals surface area (Å²) in [4.78, 5) is 28.6. The molecular formula is C22H25N3O3. The molecule has 2 aromatic rings. The van der Waals surface area contributed by atoms with Crippen LogP contribution in [-0.2, 0) is 0 Å². The smallest absolute Gasteiger partial charge is 0.321 e. The van der Waals surface area contributed by atoms with Gasteiger partial charge in [-0.1, -0.05) is 30.8 Å². The number of piperazine rings is 1. The van der Waals surface area contributed by atoms with Crippen molar-refractivity contribution in [3.63, 3.8) is 0 Å². The number of nitrogens with one attached hydrogen (secondary N) is 1. The Bertz CT molecular complexity index is 843. The van der Waals surface area contributed by atoms with Gasteiger partial charge in [-0.05, 0) is 36.8 Å². The van der Waals surface area contributed by atoms with Gasteiger partial charge in [0.1, 0.15) is 12.4 Å². The first-order chi connectivity index (χ1) is 13.5. The van der Waals surface area contributed by atoms with Crippen molar-refractivity contribution >= 4 is 17.6 Å². The number of carbonyl (C=O) groups is 2. The van der Waals surface area contributed by atoms with E-state index in [-0.39, 0.29) is 11.9 Å². The molecule has 1 heterocycles. The average molecular weight is 379 g/mol. The highest BCUT2D eigenvalue weighted by atomic mass is 16.5. The van der Waals surface area contributed by atoms with E-state index < -0.39 is 0 Å². The minimum Gasteiger partial charge on any atom is -0.489 e. The fourth-order valence-corrected chi connectivity index (χ4v) is 2.95. The summed E-state index contributed by atoms with van der Waals surface area (Å²) in [5.74, 6) is 0.682. The Morgan fingerprint density at radius 3 is 2.36 bits per heavy atom. The quantitative estimate of drug-likeness (QED) is 0.807. The first-order valence-corrected chi connectivity index (χ1v) is 9.30. The second-order valence-corrected chi connectivity index (χ2v) is 6.85. The lowest BCUT2D eigenvalue weighted by Gasteiger charge is -2.34. The van der Waals surface area contributed by atoms with Crippen LogP contribution in [0.1, 0.15) is 17.3 Å². The summed E-state index contributed by atoms with van der Waals surface area (Å²) in [6.45, 7) is 8.17. The van der Waals surface area contributed by atoms with E-state index in [4.69, 9.17) is 4.74 Å². The summed E-state index contributed by atoms with van der Waals surface area (Å²) in [6, 6.07) is 16.3. The van der Waals surface area contributed by atoms with Gasteiger partial charge in [-0.2, -0.15) is 0 Å². The fraction of sp³-hybridized carbons (Fsp3) is 0.273. The van der Waals surface area contributed by atoms with Crippen LogP contribution < -0.4 is 10.1 Å². The molecule has 146 valence electrons. The maximum atomic E-state index is 12.5. The van der Waals surface area contributed by atoms with E-state index in [1.807, 2.05) is 55.5 Å². The zero-order valence-electron chi connectivity index (χ0n) is 16.1.